The molecule has 9 heavy (non-hydrogen) atoms. The smallest absolute Gasteiger partial charge is 0.229 e. The van der Waals surface area contributed by atoms with E-state index in [4.69, 9.17) is 9.47 Å². The number of carbonyl (C=O) groups excluding carboxylic acids is 1. The summed E-state index contributed by atoms with van der Waals surface area (Å²) in [6.45, 7) is 0. The number of hydrogen-bond acceptors (Lipinski definition) is 4. The van der Waals surface area contributed by atoms with Gasteiger partial charge in [0.1, 0.15) is 0 Å². The van der Waals surface area contributed by atoms with Crippen molar-refractivity contribution in [2.24, 2.45) is 4.66 Å². The van der Waals surface area contributed by atoms with Crippen molar-refractivity contribution in [2.75, 3.05) is 14.2 Å². The van der Waals surface area contributed by atoms with Gasteiger partial charge in [-0.2, -0.15) is 0 Å². The number of methoxy groups -OCH3 is 2. The number of rotatable bonds is 4. The van der Waals surface area contributed by atoms with E-state index in [1.165, 1.54) is 20.3 Å². The summed E-state index contributed by atoms with van der Waals surface area (Å²) < 4.78 is 12.9. The van der Waals surface area contributed by atoms with Gasteiger partial charge in [0.05, 0.1) is 0 Å². The molecule has 4 nitrogen and oxygen atoms in total. The average molecular weight is 147 g/mol. The molecule has 0 aliphatic heterocycles. The molecule has 0 fully saturated rings. The highest BCUT2D eigenvalue weighted by molar-refractivity contribution is 6.35. The van der Waals surface area contributed by atoms with Crippen LogP contribution in [0.1, 0.15) is 0 Å². The van der Waals surface area contributed by atoms with Gasteiger partial charge in [0.25, 0.3) is 0 Å². The van der Waals surface area contributed by atoms with E-state index in [0.29, 0.717) is 0 Å². The zero-order chi connectivity index (χ0) is 7.11. The van der Waals surface area contributed by atoms with E-state index in [1.54, 1.807) is 0 Å². The van der Waals surface area contributed by atoms with Crippen LogP contribution in [0.15, 0.2) is 4.66 Å². The summed E-state index contributed by atoms with van der Waals surface area (Å²) in [6, 6.07) is 0. The lowest BCUT2D eigenvalue weighted by Crippen LogP contribution is -2.19. The van der Waals surface area contributed by atoms with Crippen LogP contribution in [0.2, 0.25) is 0 Å². The molecule has 0 atom stereocenters. The summed E-state index contributed by atoms with van der Waals surface area (Å²) in [7, 11) is 2.11. The Morgan fingerprint density at radius 3 is 2.44 bits per heavy atom. The summed E-state index contributed by atoms with van der Waals surface area (Å²) in [6.07, 6.45) is 1.44. The van der Waals surface area contributed by atoms with Gasteiger partial charge in [0.15, 0.2) is 5.91 Å². The van der Waals surface area contributed by atoms with Crippen molar-refractivity contribution < 1.29 is 14.3 Å². The van der Waals surface area contributed by atoms with E-state index in [2.05, 4.69) is 4.66 Å². The molecule has 0 radical (unpaired) electrons. The van der Waals surface area contributed by atoms with E-state index in [0.717, 1.165) is 0 Å². The Morgan fingerprint density at radius 1 is 1.56 bits per heavy atom. The van der Waals surface area contributed by atoms with Crippen molar-refractivity contribution in [3.05, 3.63) is 0 Å². The molecule has 0 aliphatic rings. The average Bonchev–Trinajstić information content (AvgIpc) is 1.91. The number of nitrogens with zero attached hydrogens (tertiary/aromatic N) is 1. The molecular weight excluding hydrogens is 138 g/mol. The van der Waals surface area contributed by atoms with Crippen LogP contribution in [0.3, 0.4) is 0 Å². The van der Waals surface area contributed by atoms with Gasteiger partial charge < -0.3 is 9.47 Å². The molecule has 0 rings (SSSR count). The maximum Gasteiger partial charge on any atom is 0.229 e. The molecule has 0 aromatic carbocycles. The first-order chi connectivity index (χ1) is 4.35. The second-order valence-electron chi connectivity index (χ2n) is 1.33. The Morgan fingerprint density at radius 2 is 2.11 bits per heavy atom. The molecule has 0 aromatic rings. The first kappa shape index (κ1) is 8.52. The molecule has 0 saturated heterocycles. The molecule has 0 saturated carbocycles. The minimum absolute atomic E-state index is 0.286. The lowest BCUT2D eigenvalue weighted by atomic mass is 11.3. The molecule has 0 spiro atoms. The van der Waals surface area contributed by atoms with Gasteiger partial charge in [-0.1, -0.05) is 0 Å². The summed E-state index contributed by atoms with van der Waals surface area (Å²) >= 11 is 0. The summed E-state index contributed by atoms with van der Waals surface area (Å²) in [5.41, 5.74) is 0. The largest absolute Gasteiger partial charge is 0.358 e. The molecular formula is C4H9NO3Si. The fourth-order valence-electron chi connectivity index (χ4n) is 0.357. The third-order valence-corrected chi connectivity index (χ3v) is 2.11. The van der Waals surface area contributed by atoms with Gasteiger partial charge in [-0.3, -0.25) is 0 Å². The van der Waals surface area contributed by atoms with Gasteiger partial charge in [-0.05, 0) is 0 Å². The van der Waals surface area contributed by atoms with Gasteiger partial charge in [0, 0.05) is 14.2 Å². The molecule has 0 aliphatic carbocycles. The van der Waals surface area contributed by atoms with E-state index in [1.807, 2.05) is 0 Å². The normalized spacial score (nSPS) is 10.6. The summed E-state index contributed by atoms with van der Waals surface area (Å²) in [5.74, 6) is -0.286. The Hall–Kier alpha value is -0.483. The monoisotopic (exact) mass is 147 g/mol. The predicted octanol–water partition coefficient (Wildman–Crippen LogP) is -1.02. The Bertz CT molecular complexity index is 108. The highest BCUT2D eigenvalue weighted by atomic mass is 28.2. The van der Waals surface area contributed by atoms with Gasteiger partial charge in [-0.15, -0.1) is 0 Å². The van der Waals surface area contributed by atoms with E-state index in [9.17, 15) is 4.79 Å². The summed E-state index contributed by atoms with van der Waals surface area (Å²) in [5, 5.41) is 0. The van der Waals surface area contributed by atoms with Crippen LogP contribution >= 0.6 is 0 Å². The van der Waals surface area contributed by atoms with Crippen LogP contribution < -0.4 is 0 Å². The van der Waals surface area contributed by atoms with Crippen LogP contribution in [0.4, 0.5) is 0 Å². The highest BCUT2D eigenvalue weighted by Crippen LogP contribution is 1.85. The van der Waals surface area contributed by atoms with Crippen molar-refractivity contribution in [1.82, 2.24) is 0 Å². The van der Waals surface area contributed by atoms with Crippen molar-refractivity contribution in [3.8, 4) is 0 Å². The molecule has 0 unspecified atom stereocenters. The van der Waals surface area contributed by atoms with Crippen LogP contribution in [-0.2, 0) is 14.3 Å². The first-order valence-corrected chi connectivity index (χ1v) is 3.89. The highest BCUT2D eigenvalue weighted by Gasteiger charge is 2.02. The quantitative estimate of drug-likeness (QED) is 0.221. The lowest BCUT2D eigenvalue weighted by molar-refractivity contribution is -0.0440. The molecule has 52 valence electrons. The third kappa shape index (κ3) is 4.05. The lowest BCUT2D eigenvalue weighted by Gasteiger charge is -2.07. The van der Waals surface area contributed by atoms with Crippen LogP contribution in [0.25, 0.3) is 0 Å². The minimum atomic E-state index is -0.918. The van der Waals surface area contributed by atoms with Crippen molar-refractivity contribution in [3.63, 3.8) is 0 Å². The second-order valence-corrected chi connectivity index (χ2v) is 2.68. The zero-order valence-corrected chi connectivity index (χ0v) is 6.87. The first-order valence-electron chi connectivity index (χ1n) is 2.44. The maximum absolute atomic E-state index is 9.57. The molecule has 0 heterocycles. The van der Waals surface area contributed by atoms with Gasteiger partial charge >= 0.3 is 0 Å². The van der Waals surface area contributed by atoms with Gasteiger partial charge in [-0.25, -0.2) is 9.45 Å². The number of isocyanates is 1. The van der Waals surface area contributed by atoms with Crippen molar-refractivity contribution in [1.29, 1.82) is 0 Å². The fraction of sp³-hybridized carbons (Fsp3) is 0.750. The van der Waals surface area contributed by atoms with E-state index >= 15 is 0 Å². The van der Waals surface area contributed by atoms with Crippen molar-refractivity contribution in [2.45, 2.75) is 5.91 Å². The van der Waals surface area contributed by atoms with E-state index < -0.39 is 9.68 Å². The minimum Gasteiger partial charge on any atom is -0.358 e. The van der Waals surface area contributed by atoms with Crippen LogP contribution in [-0.4, -0.2) is 35.9 Å². The molecule has 0 N–H and O–H groups in total. The van der Waals surface area contributed by atoms with Crippen LogP contribution in [0.5, 0.6) is 0 Å². The zero-order valence-electron chi connectivity index (χ0n) is 5.46. The number of hydrogen-bond donors (Lipinski definition) is 0. The Labute approximate surface area is 55.8 Å². The molecule has 5 heteroatoms. The molecule has 0 aromatic heterocycles. The molecule has 0 bridgehead atoms. The maximum atomic E-state index is 9.57. The topological polar surface area (TPSA) is 47.9 Å². The fourth-order valence-corrected chi connectivity index (χ4v) is 0.879. The van der Waals surface area contributed by atoms with Crippen molar-refractivity contribution >= 4 is 15.8 Å². The predicted molar refractivity (Wildman–Crippen MR) is 34.5 cm³/mol. The Balaban J connectivity index is 3.42. The van der Waals surface area contributed by atoms with E-state index in [-0.39, 0.29) is 5.91 Å². The standard InChI is InChI=1S/C4H9NO3Si/c1-7-4(8-2)9-5-3-6/h4H,9H2,1-2H3. The SMILES string of the molecule is COC(OC)[SiH2]N=C=O. The summed E-state index contributed by atoms with van der Waals surface area (Å²) in [4.78, 5) is 9.57. The Kier molecular flexibility index (Phi) is 5.35. The van der Waals surface area contributed by atoms with Gasteiger partial charge in [0.2, 0.25) is 15.8 Å². The molecule has 0 amide bonds. The third-order valence-electron chi connectivity index (χ3n) is 0.831. The second kappa shape index (κ2) is 5.65. The number of ether oxygens (including phenoxy) is 2. The van der Waals surface area contributed by atoms with Crippen LogP contribution in [0, 0.1) is 0 Å².